The van der Waals surface area contributed by atoms with E-state index in [0.29, 0.717) is 22.8 Å². The molecule has 0 spiro atoms. The van der Waals surface area contributed by atoms with Crippen molar-refractivity contribution in [3.63, 3.8) is 0 Å². The van der Waals surface area contributed by atoms with Gasteiger partial charge in [-0.1, -0.05) is 11.6 Å². The molecule has 3 N–H and O–H groups in total. The van der Waals surface area contributed by atoms with Crippen molar-refractivity contribution < 1.29 is 4.74 Å². The first-order valence-corrected chi connectivity index (χ1v) is 5.80. The normalized spacial score (nSPS) is 22.0. The first kappa shape index (κ1) is 11.5. The van der Waals surface area contributed by atoms with E-state index >= 15 is 0 Å². The van der Waals surface area contributed by atoms with Crippen molar-refractivity contribution in [2.75, 3.05) is 24.3 Å². The lowest BCUT2D eigenvalue weighted by Gasteiger charge is -2.20. The van der Waals surface area contributed by atoms with Gasteiger partial charge in [0.25, 0.3) is 0 Å². The van der Waals surface area contributed by atoms with Gasteiger partial charge in [0, 0.05) is 30.3 Å². The maximum absolute atomic E-state index is 5.84. The molecule has 1 aromatic heterocycles. The van der Waals surface area contributed by atoms with Crippen LogP contribution in [0.25, 0.3) is 0 Å². The van der Waals surface area contributed by atoms with Crippen LogP contribution in [-0.2, 0) is 4.74 Å². The van der Waals surface area contributed by atoms with Gasteiger partial charge in [0.05, 0.1) is 6.61 Å². The molecular formula is C11H16ClN3O. The molecule has 0 aliphatic carbocycles. The maximum atomic E-state index is 5.84. The monoisotopic (exact) mass is 241 g/mol. The molecule has 2 unspecified atom stereocenters. The highest BCUT2D eigenvalue weighted by atomic mass is 35.5. The van der Waals surface area contributed by atoms with E-state index in [1.54, 1.807) is 12.1 Å². The number of nitrogen functional groups attached to an aromatic ring is 1. The van der Waals surface area contributed by atoms with Crippen LogP contribution >= 0.6 is 11.6 Å². The number of pyridine rings is 1. The molecular weight excluding hydrogens is 226 g/mol. The van der Waals surface area contributed by atoms with Crippen LogP contribution in [0.2, 0.25) is 5.15 Å². The second-order valence-corrected chi connectivity index (χ2v) is 4.55. The highest BCUT2D eigenvalue weighted by Crippen LogP contribution is 2.21. The molecule has 0 saturated carbocycles. The van der Waals surface area contributed by atoms with E-state index in [2.05, 4.69) is 17.2 Å². The lowest BCUT2D eigenvalue weighted by Crippen LogP contribution is -2.26. The zero-order valence-corrected chi connectivity index (χ0v) is 10.00. The fraction of sp³-hybridized carbons (Fsp3) is 0.545. The second-order valence-electron chi connectivity index (χ2n) is 4.17. The lowest BCUT2D eigenvalue weighted by molar-refractivity contribution is 0.183. The molecule has 1 aliphatic heterocycles. The summed E-state index contributed by atoms with van der Waals surface area (Å²) in [6.07, 6.45) is 1.09. The number of rotatable bonds is 3. The van der Waals surface area contributed by atoms with Crippen molar-refractivity contribution in [3.8, 4) is 0 Å². The van der Waals surface area contributed by atoms with Crippen LogP contribution in [0.4, 0.5) is 11.5 Å². The Kier molecular flexibility index (Phi) is 3.51. The van der Waals surface area contributed by atoms with Crippen molar-refractivity contribution in [1.82, 2.24) is 4.98 Å². The number of hydrogen-bond acceptors (Lipinski definition) is 4. The van der Waals surface area contributed by atoms with Gasteiger partial charge in [0.2, 0.25) is 0 Å². The van der Waals surface area contributed by atoms with Gasteiger partial charge in [-0.2, -0.15) is 0 Å². The zero-order chi connectivity index (χ0) is 11.5. The maximum Gasteiger partial charge on any atom is 0.133 e. The molecule has 2 heterocycles. The molecule has 5 heteroatoms. The summed E-state index contributed by atoms with van der Waals surface area (Å²) in [4.78, 5) is 4.18. The van der Waals surface area contributed by atoms with Crippen LogP contribution in [0.1, 0.15) is 13.3 Å². The molecule has 4 nitrogen and oxygen atoms in total. The van der Waals surface area contributed by atoms with E-state index in [4.69, 9.17) is 22.1 Å². The van der Waals surface area contributed by atoms with Crippen LogP contribution in [0.5, 0.6) is 0 Å². The molecule has 0 aromatic carbocycles. The number of halogens is 1. The summed E-state index contributed by atoms with van der Waals surface area (Å²) in [5.74, 6) is 1.26. The number of nitrogens with two attached hydrogens (primary N) is 1. The van der Waals surface area contributed by atoms with Crippen LogP contribution in [-0.4, -0.2) is 24.2 Å². The number of nitrogens with one attached hydrogen (secondary N) is 1. The number of ether oxygens (including phenoxy) is 1. The van der Waals surface area contributed by atoms with Gasteiger partial charge in [-0.15, -0.1) is 0 Å². The molecule has 1 fully saturated rings. The number of hydrogen-bond donors (Lipinski definition) is 2. The van der Waals surface area contributed by atoms with Crippen molar-refractivity contribution in [3.05, 3.63) is 17.3 Å². The van der Waals surface area contributed by atoms with E-state index in [-0.39, 0.29) is 0 Å². The molecule has 2 atom stereocenters. The topological polar surface area (TPSA) is 60.2 Å². The van der Waals surface area contributed by atoms with Crippen molar-refractivity contribution >= 4 is 23.1 Å². The van der Waals surface area contributed by atoms with E-state index in [9.17, 15) is 0 Å². The van der Waals surface area contributed by atoms with Crippen molar-refractivity contribution in [1.29, 1.82) is 0 Å². The fourth-order valence-corrected chi connectivity index (χ4v) is 2.11. The molecule has 88 valence electrons. The van der Waals surface area contributed by atoms with Crippen molar-refractivity contribution in [2.24, 2.45) is 5.92 Å². The quantitative estimate of drug-likeness (QED) is 0.797. The number of aromatic nitrogens is 1. The Balaban J connectivity index is 2.02. The third kappa shape index (κ3) is 2.77. The Bertz CT molecular complexity index is 346. The fourth-order valence-electron chi connectivity index (χ4n) is 1.89. The molecule has 0 radical (unpaired) electrons. The number of anilines is 2. The minimum absolute atomic E-state index is 0.313. The first-order chi connectivity index (χ1) is 7.65. The summed E-state index contributed by atoms with van der Waals surface area (Å²) < 4.78 is 5.35. The molecule has 1 aromatic rings. The average molecular weight is 242 g/mol. The SMILES string of the molecule is CC(Nc1cc(N)cc(Cl)n1)C1CCOC1. The van der Waals surface area contributed by atoms with Gasteiger partial charge in [-0.25, -0.2) is 4.98 Å². The van der Waals surface area contributed by atoms with E-state index in [1.165, 1.54) is 0 Å². The summed E-state index contributed by atoms with van der Waals surface area (Å²) >= 11 is 5.84. The Morgan fingerprint density at radius 1 is 1.62 bits per heavy atom. The summed E-state index contributed by atoms with van der Waals surface area (Å²) in [5.41, 5.74) is 6.32. The van der Waals surface area contributed by atoms with E-state index in [1.807, 2.05) is 0 Å². The van der Waals surface area contributed by atoms with Gasteiger partial charge >= 0.3 is 0 Å². The first-order valence-electron chi connectivity index (χ1n) is 5.42. The largest absolute Gasteiger partial charge is 0.399 e. The molecule has 16 heavy (non-hydrogen) atoms. The average Bonchev–Trinajstić information content (AvgIpc) is 2.68. The van der Waals surface area contributed by atoms with Gasteiger partial charge in [0.1, 0.15) is 11.0 Å². The van der Waals surface area contributed by atoms with Gasteiger partial charge in [-0.3, -0.25) is 0 Å². The number of nitrogens with zero attached hydrogens (tertiary/aromatic N) is 1. The predicted molar refractivity (Wildman–Crippen MR) is 65.7 cm³/mol. The van der Waals surface area contributed by atoms with Gasteiger partial charge in [-0.05, 0) is 19.4 Å². The minimum atomic E-state index is 0.313. The zero-order valence-electron chi connectivity index (χ0n) is 9.24. The lowest BCUT2D eigenvalue weighted by atomic mass is 10.0. The third-order valence-corrected chi connectivity index (χ3v) is 3.06. The summed E-state index contributed by atoms with van der Waals surface area (Å²) in [7, 11) is 0. The molecule has 1 aliphatic rings. The van der Waals surface area contributed by atoms with Crippen LogP contribution < -0.4 is 11.1 Å². The summed E-state index contributed by atoms with van der Waals surface area (Å²) in [6.45, 7) is 3.78. The Morgan fingerprint density at radius 2 is 2.44 bits per heavy atom. The second kappa shape index (κ2) is 4.89. The smallest absolute Gasteiger partial charge is 0.133 e. The van der Waals surface area contributed by atoms with Crippen LogP contribution in [0, 0.1) is 5.92 Å². The Hall–Kier alpha value is -1.00. The Labute approximate surface area is 100 Å². The molecule has 0 bridgehead atoms. The third-order valence-electron chi connectivity index (χ3n) is 2.86. The molecule has 2 rings (SSSR count). The summed E-state index contributed by atoms with van der Waals surface area (Å²) in [5, 5.41) is 3.72. The standard InChI is InChI=1S/C11H16ClN3O/c1-7(8-2-3-16-6-8)14-11-5-9(13)4-10(12)15-11/h4-5,7-8H,2-3,6H2,1H3,(H3,13,14,15). The van der Waals surface area contributed by atoms with E-state index < -0.39 is 0 Å². The van der Waals surface area contributed by atoms with Gasteiger partial charge < -0.3 is 15.8 Å². The Morgan fingerprint density at radius 3 is 3.06 bits per heavy atom. The van der Waals surface area contributed by atoms with Crippen molar-refractivity contribution in [2.45, 2.75) is 19.4 Å². The molecule has 1 saturated heterocycles. The van der Waals surface area contributed by atoms with Gasteiger partial charge in [0.15, 0.2) is 0 Å². The highest BCUT2D eigenvalue weighted by molar-refractivity contribution is 6.29. The van der Waals surface area contributed by atoms with E-state index in [0.717, 1.165) is 25.5 Å². The molecule has 0 amide bonds. The minimum Gasteiger partial charge on any atom is -0.399 e. The highest BCUT2D eigenvalue weighted by Gasteiger charge is 2.22. The summed E-state index contributed by atoms with van der Waals surface area (Å²) in [6, 6.07) is 3.74. The predicted octanol–water partition coefficient (Wildman–Crippen LogP) is 2.15. The van der Waals surface area contributed by atoms with Crippen LogP contribution in [0.3, 0.4) is 0 Å². The van der Waals surface area contributed by atoms with Crippen LogP contribution in [0.15, 0.2) is 12.1 Å².